The number of amides is 1. The lowest BCUT2D eigenvalue weighted by Gasteiger charge is -2.23. The molecule has 0 radical (unpaired) electrons. The Morgan fingerprint density at radius 3 is 2.76 bits per heavy atom. The van der Waals surface area contributed by atoms with Crippen molar-refractivity contribution in [2.24, 2.45) is 5.92 Å². The molecule has 1 N–H and O–H groups in total. The number of benzene rings is 3. The molecule has 3 heterocycles. The third-order valence-corrected chi connectivity index (χ3v) is 10.1. The number of fused-ring (bicyclic) bond motifs is 1. The van der Waals surface area contributed by atoms with E-state index in [9.17, 15) is 14.7 Å². The highest BCUT2D eigenvalue weighted by atomic mass is 35.5. The van der Waals surface area contributed by atoms with Gasteiger partial charge in [0.15, 0.2) is 4.34 Å². The van der Waals surface area contributed by atoms with Gasteiger partial charge < -0.3 is 14.6 Å². The van der Waals surface area contributed by atoms with E-state index >= 15 is 0 Å². The molecule has 2 atom stereocenters. The predicted molar refractivity (Wildman–Crippen MR) is 177 cm³/mol. The summed E-state index contributed by atoms with van der Waals surface area (Å²) in [5.41, 5.74) is 2.90. The second-order valence-electron chi connectivity index (χ2n) is 11.5. The maximum atomic E-state index is 13.7. The van der Waals surface area contributed by atoms with Crippen LogP contribution in [0, 0.1) is 5.92 Å². The minimum atomic E-state index is -0.948. The van der Waals surface area contributed by atoms with Crippen LogP contribution in [0.3, 0.4) is 0 Å². The lowest BCUT2D eigenvalue weighted by molar-refractivity contribution is -0.132. The van der Waals surface area contributed by atoms with Gasteiger partial charge in [-0.3, -0.25) is 14.5 Å². The van der Waals surface area contributed by atoms with E-state index in [4.69, 9.17) is 21.1 Å². The molecule has 1 aromatic heterocycles. The number of aromatic nitrogens is 2. The van der Waals surface area contributed by atoms with Crippen molar-refractivity contribution in [3.63, 3.8) is 0 Å². The van der Waals surface area contributed by atoms with E-state index in [1.165, 1.54) is 28.0 Å². The Bertz CT molecular complexity index is 1790. The molecule has 2 aliphatic heterocycles. The molecule has 0 aliphatic carbocycles. The van der Waals surface area contributed by atoms with E-state index in [0.717, 1.165) is 23.3 Å². The number of carbonyl (C=O) groups is 2. The van der Waals surface area contributed by atoms with Gasteiger partial charge in [0, 0.05) is 22.8 Å². The van der Waals surface area contributed by atoms with E-state index in [1.807, 2.05) is 61.5 Å². The minimum Gasteiger partial charge on any atom is -0.507 e. The SMILES string of the molecule is CC(C)CCOc1cccc([C@H]2/C(=C(\O)c3ccc4c(c3)C[C@@H](C)O4)C(=O)C(=O)N2c2nnc(SCc3ccccc3Cl)s2)c1. The molecule has 1 amide bonds. The summed E-state index contributed by atoms with van der Waals surface area (Å²) in [6.45, 7) is 6.76. The first-order chi connectivity index (χ1) is 21.7. The number of ketones is 1. The Balaban J connectivity index is 1.38. The van der Waals surface area contributed by atoms with E-state index in [2.05, 4.69) is 24.0 Å². The van der Waals surface area contributed by atoms with E-state index in [0.29, 0.717) is 50.9 Å². The molecule has 45 heavy (non-hydrogen) atoms. The number of rotatable bonds is 10. The second-order valence-corrected chi connectivity index (χ2v) is 14.0. The van der Waals surface area contributed by atoms with Crippen LogP contribution in [0.4, 0.5) is 5.13 Å². The standard InChI is InChI=1S/C34H32ClN3O5S2/c1-19(2)13-14-42-25-9-6-8-21(17-25)29-28(30(39)22-11-12-27-24(16-22)15-20(3)43-27)31(40)32(41)38(29)33-36-37-34(45-33)44-18-23-7-4-5-10-26(23)35/h4-12,16-17,19-20,29,39H,13-15,18H2,1-3H3/b30-28+/t20-,29+/m1/s1. The topological polar surface area (TPSA) is 102 Å². The average molecular weight is 662 g/mol. The summed E-state index contributed by atoms with van der Waals surface area (Å²) in [6.07, 6.45) is 1.58. The third kappa shape index (κ3) is 6.59. The number of Topliss-reactive ketones (excluding diaryl/α,β-unsaturated/α-hetero) is 1. The number of hydrogen-bond acceptors (Lipinski definition) is 9. The van der Waals surface area contributed by atoms with Gasteiger partial charge in [0.05, 0.1) is 18.2 Å². The molecule has 1 fully saturated rings. The highest BCUT2D eigenvalue weighted by molar-refractivity contribution is 8.00. The molecule has 0 spiro atoms. The zero-order valence-electron chi connectivity index (χ0n) is 25.0. The molecule has 6 rings (SSSR count). The minimum absolute atomic E-state index is 0.0174. The van der Waals surface area contributed by atoms with E-state index in [1.54, 1.807) is 12.1 Å². The number of thioether (sulfide) groups is 1. The van der Waals surface area contributed by atoms with Gasteiger partial charge in [-0.25, -0.2) is 0 Å². The fourth-order valence-corrected chi connectivity index (χ4v) is 7.52. The number of anilines is 1. The lowest BCUT2D eigenvalue weighted by atomic mass is 9.94. The van der Waals surface area contributed by atoms with Crippen molar-refractivity contribution in [2.45, 2.75) is 55.9 Å². The highest BCUT2D eigenvalue weighted by Crippen LogP contribution is 2.45. The first kappa shape index (κ1) is 31.1. The van der Waals surface area contributed by atoms with Crippen LogP contribution in [-0.4, -0.2) is 39.7 Å². The molecule has 1 saturated heterocycles. The smallest absolute Gasteiger partial charge is 0.301 e. The van der Waals surface area contributed by atoms with Gasteiger partial charge >= 0.3 is 5.91 Å². The number of hydrogen-bond donors (Lipinski definition) is 1. The summed E-state index contributed by atoms with van der Waals surface area (Å²) in [6, 6.07) is 19.2. The molecule has 0 saturated carbocycles. The Morgan fingerprint density at radius 1 is 1.13 bits per heavy atom. The van der Waals surface area contributed by atoms with Gasteiger partial charge in [0.1, 0.15) is 23.4 Å². The van der Waals surface area contributed by atoms with Crippen LogP contribution in [-0.2, 0) is 21.8 Å². The number of halogens is 1. The van der Waals surface area contributed by atoms with Crippen LogP contribution < -0.4 is 14.4 Å². The van der Waals surface area contributed by atoms with Crippen molar-refractivity contribution in [2.75, 3.05) is 11.5 Å². The fourth-order valence-electron chi connectivity index (χ4n) is 5.37. The van der Waals surface area contributed by atoms with Crippen LogP contribution in [0.2, 0.25) is 5.02 Å². The average Bonchev–Trinajstić information content (AvgIpc) is 3.71. The molecule has 11 heteroatoms. The van der Waals surface area contributed by atoms with E-state index < -0.39 is 17.7 Å². The van der Waals surface area contributed by atoms with Crippen LogP contribution in [0.25, 0.3) is 5.76 Å². The summed E-state index contributed by atoms with van der Waals surface area (Å²) in [5.74, 6) is 0.551. The second kappa shape index (κ2) is 13.2. The summed E-state index contributed by atoms with van der Waals surface area (Å²) in [5, 5.41) is 21.2. The monoisotopic (exact) mass is 661 g/mol. The quantitative estimate of drug-likeness (QED) is 0.0603. The predicted octanol–water partition coefficient (Wildman–Crippen LogP) is 7.86. The van der Waals surface area contributed by atoms with Crippen molar-refractivity contribution in [1.82, 2.24) is 10.2 Å². The number of carbonyl (C=O) groups excluding carboxylic acids is 2. The Labute approximate surface area is 275 Å². The molecule has 2 aliphatic rings. The molecule has 0 unspecified atom stereocenters. The first-order valence-electron chi connectivity index (χ1n) is 14.7. The fraction of sp³-hybridized carbons (Fsp3) is 0.294. The zero-order valence-corrected chi connectivity index (χ0v) is 27.4. The van der Waals surface area contributed by atoms with Crippen molar-refractivity contribution < 1.29 is 24.2 Å². The van der Waals surface area contributed by atoms with Crippen molar-refractivity contribution in [3.05, 3.63) is 99.6 Å². The van der Waals surface area contributed by atoms with Crippen molar-refractivity contribution in [3.8, 4) is 11.5 Å². The van der Waals surface area contributed by atoms with E-state index in [-0.39, 0.29) is 22.6 Å². The van der Waals surface area contributed by atoms with Crippen molar-refractivity contribution >= 4 is 57.3 Å². The third-order valence-electron chi connectivity index (χ3n) is 7.66. The van der Waals surface area contributed by atoms with Crippen LogP contribution >= 0.6 is 34.7 Å². The Morgan fingerprint density at radius 2 is 1.96 bits per heavy atom. The molecular formula is C34H32ClN3O5S2. The summed E-state index contributed by atoms with van der Waals surface area (Å²) < 4.78 is 12.5. The Kier molecular flexibility index (Phi) is 9.16. The number of aliphatic hydroxyl groups is 1. The molecule has 3 aromatic carbocycles. The van der Waals surface area contributed by atoms with Crippen LogP contribution in [0.5, 0.6) is 11.5 Å². The van der Waals surface area contributed by atoms with Gasteiger partial charge in [-0.05, 0) is 72.4 Å². The molecule has 232 valence electrons. The van der Waals surface area contributed by atoms with Crippen molar-refractivity contribution in [1.29, 1.82) is 0 Å². The lowest BCUT2D eigenvalue weighted by Crippen LogP contribution is -2.29. The zero-order chi connectivity index (χ0) is 31.7. The van der Waals surface area contributed by atoms with Gasteiger partial charge in [0.25, 0.3) is 5.78 Å². The first-order valence-corrected chi connectivity index (χ1v) is 16.9. The highest BCUT2D eigenvalue weighted by Gasteiger charge is 2.48. The Hall–Kier alpha value is -3.86. The van der Waals surface area contributed by atoms with Crippen LogP contribution in [0.1, 0.15) is 55.5 Å². The number of ether oxygens (including phenoxy) is 2. The molecule has 8 nitrogen and oxygen atoms in total. The molecule has 0 bridgehead atoms. The normalized spacial score (nSPS) is 18.8. The van der Waals surface area contributed by atoms with Gasteiger partial charge in [0.2, 0.25) is 5.13 Å². The van der Waals surface area contributed by atoms with Gasteiger partial charge in [-0.2, -0.15) is 0 Å². The summed E-state index contributed by atoms with van der Waals surface area (Å²) >= 11 is 8.98. The van der Waals surface area contributed by atoms with Gasteiger partial charge in [-0.15, -0.1) is 10.2 Å². The largest absolute Gasteiger partial charge is 0.507 e. The maximum Gasteiger partial charge on any atom is 0.301 e. The van der Waals surface area contributed by atoms with Gasteiger partial charge in [-0.1, -0.05) is 78.9 Å². The summed E-state index contributed by atoms with van der Waals surface area (Å²) in [4.78, 5) is 28.8. The van der Waals surface area contributed by atoms with Crippen LogP contribution in [0.15, 0.2) is 76.6 Å². The molecular weight excluding hydrogens is 630 g/mol. The number of nitrogens with zero attached hydrogens (tertiary/aromatic N) is 3. The number of aliphatic hydroxyl groups excluding tert-OH is 1. The molecule has 4 aromatic rings. The summed E-state index contributed by atoms with van der Waals surface area (Å²) in [7, 11) is 0. The maximum absolute atomic E-state index is 13.7.